The van der Waals surface area contributed by atoms with Crippen molar-refractivity contribution in [2.75, 3.05) is 6.61 Å². The Labute approximate surface area is 199 Å². The van der Waals surface area contributed by atoms with Crippen LogP contribution in [0.15, 0.2) is 18.6 Å². The zero-order valence-electron chi connectivity index (χ0n) is 19.3. The molecule has 2 saturated carbocycles. The van der Waals surface area contributed by atoms with Gasteiger partial charge in [-0.2, -0.15) is 13.2 Å². The number of nitrogens with one attached hydrogen (secondary N) is 1. The molecule has 0 saturated heterocycles. The van der Waals surface area contributed by atoms with Crippen molar-refractivity contribution in [3.05, 3.63) is 30.0 Å². The molecule has 0 bridgehead atoms. The van der Waals surface area contributed by atoms with Crippen LogP contribution in [-0.4, -0.2) is 56.3 Å². The van der Waals surface area contributed by atoms with Crippen LogP contribution < -0.4 is 5.32 Å². The van der Waals surface area contributed by atoms with Gasteiger partial charge < -0.3 is 14.6 Å². The van der Waals surface area contributed by atoms with Crippen molar-refractivity contribution >= 4 is 5.91 Å². The number of alkyl halides is 5. The minimum absolute atomic E-state index is 0.124. The van der Waals surface area contributed by atoms with E-state index < -0.39 is 30.7 Å². The fraction of sp³-hybridized carbons (Fsp3) is 0.652. The van der Waals surface area contributed by atoms with Crippen molar-refractivity contribution in [3.63, 3.8) is 0 Å². The van der Waals surface area contributed by atoms with Crippen molar-refractivity contribution in [2.24, 2.45) is 7.05 Å². The Bertz CT molecular complexity index is 1020. The molecule has 4 rings (SSSR count). The average molecular weight is 502 g/mol. The molecule has 12 heteroatoms. The van der Waals surface area contributed by atoms with E-state index in [9.17, 15) is 26.7 Å². The van der Waals surface area contributed by atoms with Gasteiger partial charge in [0.25, 0.3) is 5.91 Å². The summed E-state index contributed by atoms with van der Waals surface area (Å²) < 4.78 is 71.1. The first kappa shape index (κ1) is 25.5. The smallest absolute Gasteiger partial charge is 0.369 e. The van der Waals surface area contributed by atoms with Crippen molar-refractivity contribution in [2.45, 2.75) is 81.5 Å². The van der Waals surface area contributed by atoms with Crippen LogP contribution in [0.5, 0.6) is 0 Å². The summed E-state index contributed by atoms with van der Waals surface area (Å²) in [5, 5.41) is 2.91. The number of aryl methyl sites for hydroxylation is 1. The Morgan fingerprint density at radius 2 is 1.83 bits per heavy atom. The molecule has 0 radical (unpaired) electrons. The molecule has 2 aliphatic rings. The van der Waals surface area contributed by atoms with E-state index in [2.05, 4.69) is 20.3 Å². The maximum atomic E-state index is 13.7. The molecule has 0 aromatic carbocycles. The van der Waals surface area contributed by atoms with Crippen molar-refractivity contribution in [3.8, 4) is 11.5 Å². The molecule has 7 nitrogen and oxygen atoms in total. The summed E-state index contributed by atoms with van der Waals surface area (Å²) in [6.07, 6.45) is 0.134. The monoisotopic (exact) mass is 501 g/mol. The van der Waals surface area contributed by atoms with Crippen LogP contribution in [0.4, 0.5) is 22.0 Å². The molecule has 0 atom stereocenters. The molecule has 0 spiro atoms. The third-order valence-electron chi connectivity index (χ3n) is 6.65. The highest BCUT2D eigenvalue weighted by Gasteiger charge is 2.36. The number of nitrogens with zero attached hydrogens (tertiary/aromatic N) is 4. The normalized spacial score (nSPS) is 23.3. The van der Waals surface area contributed by atoms with Crippen LogP contribution >= 0.6 is 0 Å². The first-order valence-electron chi connectivity index (χ1n) is 11.7. The molecule has 2 heterocycles. The first-order valence-corrected chi connectivity index (χ1v) is 11.7. The van der Waals surface area contributed by atoms with Crippen LogP contribution in [0.3, 0.4) is 0 Å². The van der Waals surface area contributed by atoms with Crippen LogP contribution in [0.25, 0.3) is 11.5 Å². The van der Waals surface area contributed by atoms with Gasteiger partial charge in [0.15, 0.2) is 5.82 Å². The van der Waals surface area contributed by atoms with E-state index in [0.29, 0.717) is 37.1 Å². The van der Waals surface area contributed by atoms with Gasteiger partial charge >= 0.3 is 6.18 Å². The lowest BCUT2D eigenvalue weighted by molar-refractivity contribution is -0.188. The third kappa shape index (κ3) is 6.74. The van der Waals surface area contributed by atoms with Crippen LogP contribution in [0.2, 0.25) is 0 Å². The molecule has 2 aromatic heterocycles. The fourth-order valence-corrected chi connectivity index (χ4v) is 4.66. The van der Waals surface area contributed by atoms with Crippen LogP contribution in [0.1, 0.15) is 73.5 Å². The van der Waals surface area contributed by atoms with Crippen LogP contribution in [-0.2, 0) is 11.8 Å². The number of imidazole rings is 1. The largest absolute Gasteiger partial charge is 0.411 e. The molecule has 192 valence electrons. The van der Waals surface area contributed by atoms with Gasteiger partial charge in [0.1, 0.15) is 18.0 Å². The van der Waals surface area contributed by atoms with E-state index in [1.54, 1.807) is 30.2 Å². The second-order valence-corrected chi connectivity index (χ2v) is 9.39. The van der Waals surface area contributed by atoms with Gasteiger partial charge in [-0.25, -0.2) is 23.7 Å². The summed E-state index contributed by atoms with van der Waals surface area (Å²) >= 11 is 0. The Morgan fingerprint density at radius 1 is 1.14 bits per heavy atom. The Morgan fingerprint density at radius 3 is 2.43 bits per heavy atom. The minimum Gasteiger partial charge on any atom is -0.369 e. The second-order valence-electron chi connectivity index (χ2n) is 9.39. The lowest BCUT2D eigenvalue weighted by atomic mass is 9.84. The predicted molar refractivity (Wildman–Crippen MR) is 116 cm³/mol. The lowest BCUT2D eigenvalue weighted by Crippen LogP contribution is -2.40. The topological polar surface area (TPSA) is 81.9 Å². The summed E-state index contributed by atoms with van der Waals surface area (Å²) in [5.74, 6) is -3.04. The number of halogens is 5. The highest BCUT2D eigenvalue weighted by Crippen LogP contribution is 2.40. The summed E-state index contributed by atoms with van der Waals surface area (Å²) in [5.41, 5.74) is 1.25. The zero-order valence-corrected chi connectivity index (χ0v) is 19.3. The highest BCUT2D eigenvalue weighted by molar-refractivity contribution is 5.93. The van der Waals surface area contributed by atoms with E-state index in [1.807, 2.05) is 0 Å². The molecule has 35 heavy (non-hydrogen) atoms. The van der Waals surface area contributed by atoms with Crippen LogP contribution in [0, 0.1) is 0 Å². The van der Waals surface area contributed by atoms with Gasteiger partial charge in [-0.1, -0.05) is 0 Å². The van der Waals surface area contributed by atoms with E-state index >= 15 is 0 Å². The summed E-state index contributed by atoms with van der Waals surface area (Å²) in [6, 6.07) is 1.33. The lowest BCUT2D eigenvalue weighted by Gasteiger charge is -2.29. The number of hydrogen-bond donors (Lipinski definition) is 1. The second kappa shape index (κ2) is 10.2. The molecule has 1 amide bonds. The number of carbonyl (C=O) groups excluding carboxylic acids is 1. The molecule has 0 aliphatic heterocycles. The van der Waals surface area contributed by atoms with Gasteiger partial charge in [-0.05, 0) is 44.6 Å². The van der Waals surface area contributed by atoms with E-state index in [1.165, 1.54) is 0 Å². The van der Waals surface area contributed by atoms with Gasteiger partial charge in [0, 0.05) is 37.5 Å². The molecule has 1 N–H and O–H groups in total. The maximum Gasteiger partial charge on any atom is 0.411 e. The van der Waals surface area contributed by atoms with Gasteiger partial charge in [-0.3, -0.25) is 4.79 Å². The van der Waals surface area contributed by atoms with Gasteiger partial charge in [-0.15, -0.1) is 0 Å². The molecular formula is C23H28F5N5O2. The number of amides is 1. The third-order valence-corrected chi connectivity index (χ3v) is 6.65. The number of hydrogen-bond acceptors (Lipinski definition) is 5. The molecule has 2 aliphatic carbocycles. The summed E-state index contributed by atoms with van der Waals surface area (Å²) in [6.45, 7) is -1.28. The van der Waals surface area contributed by atoms with E-state index in [4.69, 9.17) is 4.74 Å². The number of ether oxygens (including phenoxy) is 1. The Balaban J connectivity index is 1.46. The first-order chi connectivity index (χ1) is 16.5. The van der Waals surface area contributed by atoms with Gasteiger partial charge in [0.05, 0.1) is 18.6 Å². The predicted octanol–water partition coefficient (Wildman–Crippen LogP) is 4.79. The summed E-state index contributed by atoms with van der Waals surface area (Å²) in [4.78, 5) is 26.1. The zero-order chi connectivity index (χ0) is 25.2. The van der Waals surface area contributed by atoms with E-state index in [-0.39, 0.29) is 49.2 Å². The molecule has 2 fully saturated rings. The Hall–Kier alpha value is -2.63. The quantitative estimate of drug-likeness (QED) is 0.576. The highest BCUT2D eigenvalue weighted by atomic mass is 19.4. The van der Waals surface area contributed by atoms with Crippen molar-refractivity contribution in [1.82, 2.24) is 24.8 Å². The van der Waals surface area contributed by atoms with Crippen molar-refractivity contribution in [1.29, 1.82) is 0 Å². The Kier molecular flexibility index (Phi) is 7.39. The number of carbonyl (C=O) groups is 1. The average Bonchev–Trinajstić information content (AvgIpc) is 3.23. The van der Waals surface area contributed by atoms with Gasteiger partial charge in [0.2, 0.25) is 5.92 Å². The standard InChI is InChI=1S/C23H28F5N5O2/c1-33-13-29-11-19(33)20-31-17(14-6-8-22(24,25)9-7-14)10-18(32-20)21(34)30-15-2-4-16(5-3-15)35-12-23(26,27)28/h10-11,13-16H,2-9,12H2,1H3,(H,30,34)/t15-,16-. The fourth-order valence-electron chi connectivity index (χ4n) is 4.66. The number of rotatable bonds is 6. The summed E-state index contributed by atoms with van der Waals surface area (Å²) in [7, 11) is 1.76. The molecule has 0 unspecified atom stereocenters. The molecule has 2 aromatic rings. The van der Waals surface area contributed by atoms with Crippen molar-refractivity contribution < 1.29 is 31.5 Å². The number of aromatic nitrogens is 4. The SMILES string of the molecule is Cn1cncc1-c1nc(C(=O)N[C@H]2CC[C@H](OCC(F)(F)F)CC2)cc(C2CCC(F)(F)CC2)n1. The van der Waals surface area contributed by atoms with E-state index in [0.717, 1.165) is 0 Å². The maximum absolute atomic E-state index is 13.7. The molecular weight excluding hydrogens is 473 g/mol. The minimum atomic E-state index is -4.37.